The number of hydrogen-bond acceptors (Lipinski definition) is 5. The number of ether oxygens (including phenoxy) is 1. The van der Waals surface area contributed by atoms with Crippen LogP contribution in [0.3, 0.4) is 0 Å². The normalized spacial score (nSPS) is 12.2. The zero-order valence-electron chi connectivity index (χ0n) is 20.7. The molecule has 1 N–H and O–H groups in total. The maximum Gasteiger partial charge on any atom is 0.244 e. The van der Waals surface area contributed by atoms with E-state index in [-0.39, 0.29) is 18.5 Å². The Morgan fingerprint density at radius 2 is 1.53 bits per heavy atom. The first-order valence-corrected chi connectivity index (χ1v) is 13.1. The van der Waals surface area contributed by atoms with E-state index in [0.29, 0.717) is 11.4 Å². The molecule has 0 fully saturated rings. The van der Waals surface area contributed by atoms with E-state index >= 15 is 0 Å². The number of carbonyl (C=O) groups is 2. The van der Waals surface area contributed by atoms with Crippen LogP contribution in [0.25, 0.3) is 0 Å². The molecule has 9 heteroatoms. The number of rotatable bonds is 11. The third-order valence-electron chi connectivity index (χ3n) is 5.42. The molecule has 0 spiro atoms. The summed E-state index contributed by atoms with van der Waals surface area (Å²) in [5.74, 6) is -0.117. The minimum Gasteiger partial charge on any atom is -0.497 e. The number of sulfonamides is 1. The number of anilines is 1. The average molecular weight is 490 g/mol. The van der Waals surface area contributed by atoms with Crippen molar-refractivity contribution in [3.63, 3.8) is 0 Å². The van der Waals surface area contributed by atoms with E-state index < -0.39 is 28.5 Å². The topological polar surface area (TPSA) is 96.0 Å². The third kappa shape index (κ3) is 7.48. The second kappa shape index (κ2) is 11.9. The Kier molecular flexibility index (Phi) is 9.49. The summed E-state index contributed by atoms with van der Waals surface area (Å²) in [6.45, 7) is 7.05. The van der Waals surface area contributed by atoms with E-state index in [1.54, 1.807) is 38.3 Å². The zero-order valence-corrected chi connectivity index (χ0v) is 21.6. The Labute approximate surface area is 202 Å². The van der Waals surface area contributed by atoms with Crippen LogP contribution in [0.2, 0.25) is 0 Å². The highest BCUT2D eigenvalue weighted by molar-refractivity contribution is 7.92. The van der Waals surface area contributed by atoms with E-state index in [2.05, 4.69) is 5.32 Å². The van der Waals surface area contributed by atoms with Gasteiger partial charge in [-0.25, -0.2) is 8.42 Å². The van der Waals surface area contributed by atoms with E-state index in [1.165, 1.54) is 4.90 Å². The quantitative estimate of drug-likeness (QED) is 0.524. The fourth-order valence-electron chi connectivity index (χ4n) is 3.43. The smallest absolute Gasteiger partial charge is 0.244 e. The van der Waals surface area contributed by atoms with Gasteiger partial charge in [-0.1, -0.05) is 31.2 Å². The van der Waals surface area contributed by atoms with Gasteiger partial charge in [0.25, 0.3) is 0 Å². The van der Waals surface area contributed by atoms with Crippen molar-refractivity contribution in [3.8, 4) is 5.75 Å². The summed E-state index contributed by atoms with van der Waals surface area (Å²) < 4.78 is 31.4. The number of methoxy groups -OCH3 is 1. The van der Waals surface area contributed by atoms with Crippen molar-refractivity contribution in [1.29, 1.82) is 0 Å². The number of nitrogens with zero attached hydrogens (tertiary/aromatic N) is 2. The Morgan fingerprint density at radius 1 is 0.971 bits per heavy atom. The number of carbonyl (C=O) groups excluding carboxylic acids is 2. The Balaban J connectivity index is 2.37. The fraction of sp³-hybridized carbons (Fsp3) is 0.440. The molecule has 0 aliphatic heterocycles. The molecule has 2 aromatic carbocycles. The van der Waals surface area contributed by atoms with Crippen LogP contribution in [0.15, 0.2) is 48.5 Å². The Hall–Kier alpha value is -3.07. The molecule has 0 unspecified atom stereocenters. The summed E-state index contributed by atoms with van der Waals surface area (Å²) in [5.41, 5.74) is 2.25. The van der Waals surface area contributed by atoms with E-state index in [4.69, 9.17) is 4.74 Å². The molecule has 2 amide bonds. The molecule has 34 heavy (non-hydrogen) atoms. The SMILES string of the molecule is CCc1ccc(N(CC(=O)N(Cc2ccc(OC)cc2)[C@H](C)C(=O)NC(C)C)S(C)(=O)=O)cc1. The molecule has 2 rings (SSSR count). The molecule has 0 saturated carbocycles. The lowest BCUT2D eigenvalue weighted by atomic mass is 10.1. The molecular formula is C25H35N3O5S. The van der Waals surface area contributed by atoms with Gasteiger partial charge in [-0.05, 0) is 62.6 Å². The molecular weight excluding hydrogens is 454 g/mol. The van der Waals surface area contributed by atoms with Gasteiger partial charge in [0, 0.05) is 12.6 Å². The maximum atomic E-state index is 13.5. The van der Waals surface area contributed by atoms with Crippen LogP contribution in [-0.4, -0.2) is 57.1 Å². The van der Waals surface area contributed by atoms with Crippen molar-refractivity contribution in [2.75, 3.05) is 24.2 Å². The summed E-state index contributed by atoms with van der Waals surface area (Å²) in [5, 5.41) is 2.83. The lowest BCUT2D eigenvalue weighted by molar-refractivity contribution is -0.139. The van der Waals surface area contributed by atoms with Crippen LogP contribution in [0.5, 0.6) is 5.75 Å². The predicted octanol–water partition coefficient (Wildman–Crippen LogP) is 2.97. The molecule has 186 valence electrons. The first-order valence-electron chi connectivity index (χ1n) is 11.3. The minimum atomic E-state index is -3.74. The Morgan fingerprint density at radius 3 is 2.00 bits per heavy atom. The zero-order chi connectivity index (χ0) is 25.5. The largest absolute Gasteiger partial charge is 0.497 e. The molecule has 0 bridgehead atoms. The van der Waals surface area contributed by atoms with Crippen LogP contribution in [0.4, 0.5) is 5.69 Å². The van der Waals surface area contributed by atoms with E-state index in [1.807, 2.05) is 45.0 Å². The lowest BCUT2D eigenvalue weighted by Crippen LogP contribution is -2.52. The van der Waals surface area contributed by atoms with E-state index in [9.17, 15) is 18.0 Å². The summed E-state index contributed by atoms with van der Waals surface area (Å²) in [4.78, 5) is 27.6. The predicted molar refractivity (Wildman–Crippen MR) is 134 cm³/mol. The van der Waals surface area contributed by atoms with Crippen LogP contribution >= 0.6 is 0 Å². The summed E-state index contributed by atoms with van der Waals surface area (Å²) in [6, 6.07) is 13.3. The second-order valence-electron chi connectivity index (χ2n) is 8.50. The van der Waals surface area contributed by atoms with Gasteiger partial charge < -0.3 is 15.0 Å². The van der Waals surface area contributed by atoms with Gasteiger partial charge in [-0.15, -0.1) is 0 Å². The van der Waals surface area contributed by atoms with Gasteiger partial charge in [0.05, 0.1) is 19.1 Å². The summed E-state index contributed by atoms with van der Waals surface area (Å²) in [7, 11) is -2.18. The monoisotopic (exact) mass is 489 g/mol. The first kappa shape index (κ1) is 27.2. The molecule has 8 nitrogen and oxygen atoms in total. The summed E-state index contributed by atoms with van der Waals surface area (Å²) in [6.07, 6.45) is 1.88. The molecule has 0 aliphatic carbocycles. The molecule has 0 radical (unpaired) electrons. The van der Waals surface area contributed by atoms with Gasteiger partial charge in [0.15, 0.2) is 0 Å². The van der Waals surface area contributed by atoms with Gasteiger partial charge in [-0.2, -0.15) is 0 Å². The standard InChI is InChI=1S/C25H35N3O5S/c1-7-20-8-12-22(13-9-20)28(34(6,31)32)17-24(29)27(19(4)25(30)26-18(2)3)16-21-10-14-23(33-5)15-11-21/h8-15,18-19H,7,16-17H2,1-6H3,(H,26,30)/t19-/m1/s1. The second-order valence-corrected chi connectivity index (χ2v) is 10.4. The maximum absolute atomic E-state index is 13.5. The van der Waals surface area contributed by atoms with Crippen molar-refractivity contribution >= 4 is 27.5 Å². The highest BCUT2D eigenvalue weighted by Crippen LogP contribution is 2.20. The fourth-order valence-corrected chi connectivity index (χ4v) is 4.28. The van der Waals surface area contributed by atoms with Crippen LogP contribution in [-0.2, 0) is 32.6 Å². The van der Waals surface area contributed by atoms with E-state index in [0.717, 1.165) is 28.1 Å². The third-order valence-corrected chi connectivity index (χ3v) is 6.56. The van der Waals surface area contributed by atoms with Gasteiger partial charge in [0.1, 0.15) is 18.3 Å². The van der Waals surface area contributed by atoms with Gasteiger partial charge >= 0.3 is 0 Å². The average Bonchev–Trinajstić information content (AvgIpc) is 2.79. The van der Waals surface area contributed by atoms with Gasteiger partial charge in [-0.3, -0.25) is 13.9 Å². The molecule has 1 atom stereocenters. The highest BCUT2D eigenvalue weighted by atomic mass is 32.2. The first-order chi connectivity index (χ1) is 16.0. The van der Waals surface area contributed by atoms with Crippen LogP contribution in [0.1, 0.15) is 38.8 Å². The molecule has 0 saturated heterocycles. The Bertz CT molecular complexity index is 1070. The number of benzene rings is 2. The van der Waals surface area contributed by atoms with Crippen molar-refractivity contribution in [1.82, 2.24) is 10.2 Å². The van der Waals surface area contributed by atoms with Crippen molar-refractivity contribution < 1.29 is 22.7 Å². The molecule has 0 aromatic heterocycles. The molecule has 0 heterocycles. The van der Waals surface area contributed by atoms with Crippen LogP contribution in [0, 0.1) is 0 Å². The number of amides is 2. The summed E-state index contributed by atoms with van der Waals surface area (Å²) >= 11 is 0. The van der Waals surface area contributed by atoms with Gasteiger partial charge in [0.2, 0.25) is 21.8 Å². The highest BCUT2D eigenvalue weighted by Gasteiger charge is 2.30. The van der Waals surface area contributed by atoms with Crippen molar-refractivity contribution in [2.45, 2.75) is 52.7 Å². The number of nitrogens with one attached hydrogen (secondary N) is 1. The van der Waals surface area contributed by atoms with Crippen LogP contribution < -0.4 is 14.4 Å². The van der Waals surface area contributed by atoms with Crippen molar-refractivity contribution in [2.24, 2.45) is 0 Å². The number of aryl methyl sites for hydroxylation is 1. The lowest BCUT2D eigenvalue weighted by Gasteiger charge is -2.32. The number of hydrogen-bond donors (Lipinski definition) is 1. The molecule has 2 aromatic rings. The molecule has 0 aliphatic rings. The minimum absolute atomic E-state index is 0.0995. The van der Waals surface area contributed by atoms with Crippen molar-refractivity contribution in [3.05, 3.63) is 59.7 Å².